The third kappa shape index (κ3) is 3.46. The maximum atomic E-state index is 13.4. The van der Waals surface area contributed by atoms with Crippen molar-refractivity contribution < 1.29 is 24.5 Å². The Bertz CT molecular complexity index is 1230. The van der Waals surface area contributed by atoms with Crippen LogP contribution in [-0.2, 0) is 0 Å². The Labute approximate surface area is 178 Å². The van der Waals surface area contributed by atoms with Gasteiger partial charge in [0.1, 0.15) is 5.82 Å². The van der Waals surface area contributed by atoms with Crippen molar-refractivity contribution in [3.8, 4) is 40.2 Å². The minimum atomic E-state index is -0.524. The Morgan fingerprint density at radius 3 is 2.26 bits per heavy atom. The second-order valence-electron chi connectivity index (χ2n) is 6.68. The lowest BCUT2D eigenvalue weighted by atomic mass is 9.99. The summed E-state index contributed by atoms with van der Waals surface area (Å²) in [5.41, 5.74) is 1.14. The Balaban J connectivity index is 2.04. The minimum absolute atomic E-state index is 0.0402. The molecule has 0 aliphatic carbocycles. The van der Waals surface area contributed by atoms with Crippen LogP contribution < -0.4 is 9.47 Å². The van der Waals surface area contributed by atoms with E-state index in [-0.39, 0.29) is 11.3 Å². The maximum absolute atomic E-state index is 13.4. The summed E-state index contributed by atoms with van der Waals surface area (Å²) in [4.78, 5) is 17.7. The van der Waals surface area contributed by atoms with Crippen molar-refractivity contribution in [1.29, 1.82) is 0 Å². The van der Waals surface area contributed by atoms with Gasteiger partial charge in [0.2, 0.25) is 5.88 Å². The molecule has 0 bridgehead atoms. The monoisotopic (exact) mass is 416 g/mol. The van der Waals surface area contributed by atoms with E-state index in [1.54, 1.807) is 72.9 Å². The Morgan fingerprint density at radius 2 is 1.61 bits per heavy atom. The number of hydrogen-bond acceptors (Lipinski definition) is 6. The van der Waals surface area contributed by atoms with Gasteiger partial charge >= 0.3 is 0 Å². The summed E-state index contributed by atoms with van der Waals surface area (Å²) in [6.45, 7) is 0. The number of aromatic nitrogens is 2. The zero-order valence-corrected chi connectivity index (χ0v) is 16.9. The third-order valence-electron chi connectivity index (χ3n) is 4.92. The molecule has 2 N–H and O–H groups in total. The van der Waals surface area contributed by atoms with Gasteiger partial charge in [-0.15, -0.1) is 0 Å². The first kappa shape index (κ1) is 20.0. The van der Waals surface area contributed by atoms with Crippen molar-refractivity contribution in [3.05, 3.63) is 84.1 Å². The number of carbonyl (C=O) groups excluding carboxylic acids is 1. The fraction of sp³-hybridized carbons (Fsp3) is 0.0833. The molecule has 0 radical (unpaired) electrons. The molecule has 0 unspecified atom stereocenters. The van der Waals surface area contributed by atoms with Crippen LogP contribution in [0.4, 0.5) is 0 Å². The molecule has 7 nitrogen and oxygen atoms in total. The topological polar surface area (TPSA) is 93.8 Å². The summed E-state index contributed by atoms with van der Waals surface area (Å²) in [6.07, 6.45) is 1.56. The number of hydrogen-bond donors (Lipinski definition) is 2. The zero-order chi connectivity index (χ0) is 22.0. The zero-order valence-electron chi connectivity index (χ0n) is 16.9. The molecule has 4 aromatic rings. The number of aromatic hydroxyl groups is 2. The van der Waals surface area contributed by atoms with Gasteiger partial charge in [0.25, 0.3) is 0 Å². The summed E-state index contributed by atoms with van der Waals surface area (Å²) in [5.74, 6) is -0.162. The van der Waals surface area contributed by atoms with E-state index >= 15 is 0 Å². The Kier molecular flexibility index (Phi) is 5.32. The number of ether oxygens (including phenoxy) is 2. The highest BCUT2D eigenvalue weighted by Gasteiger charge is 2.30. The quantitative estimate of drug-likeness (QED) is 0.458. The molecule has 2 aromatic carbocycles. The molecule has 0 spiro atoms. The lowest BCUT2D eigenvalue weighted by molar-refractivity contribution is 0.103. The van der Waals surface area contributed by atoms with Crippen molar-refractivity contribution in [2.45, 2.75) is 0 Å². The number of pyridine rings is 1. The Morgan fingerprint density at radius 1 is 0.903 bits per heavy atom. The average Bonchev–Trinajstić information content (AvgIpc) is 3.09. The van der Waals surface area contributed by atoms with Gasteiger partial charge in [0.15, 0.2) is 23.0 Å². The van der Waals surface area contributed by atoms with Crippen molar-refractivity contribution in [2.75, 3.05) is 14.2 Å². The summed E-state index contributed by atoms with van der Waals surface area (Å²) in [7, 11) is 3.03. The van der Waals surface area contributed by atoms with E-state index < -0.39 is 17.4 Å². The first-order chi connectivity index (χ1) is 15.1. The van der Waals surface area contributed by atoms with E-state index in [1.807, 2.05) is 0 Å². The number of carbonyl (C=O) groups is 1. The molecular formula is C24H20N2O5. The molecule has 7 heteroatoms. The van der Waals surface area contributed by atoms with Gasteiger partial charge < -0.3 is 19.7 Å². The summed E-state index contributed by atoms with van der Waals surface area (Å²) >= 11 is 0. The van der Waals surface area contributed by atoms with Gasteiger partial charge in [-0.3, -0.25) is 9.36 Å². The van der Waals surface area contributed by atoms with Crippen LogP contribution in [0.1, 0.15) is 15.9 Å². The van der Waals surface area contributed by atoms with E-state index in [0.29, 0.717) is 28.4 Å². The molecule has 0 fully saturated rings. The van der Waals surface area contributed by atoms with Gasteiger partial charge in [-0.2, -0.15) is 0 Å². The average molecular weight is 416 g/mol. The molecule has 31 heavy (non-hydrogen) atoms. The molecule has 4 rings (SSSR count). The highest BCUT2D eigenvalue weighted by molar-refractivity contribution is 6.15. The predicted molar refractivity (Wildman–Crippen MR) is 115 cm³/mol. The summed E-state index contributed by atoms with van der Waals surface area (Å²) < 4.78 is 12.1. The van der Waals surface area contributed by atoms with E-state index in [2.05, 4.69) is 4.98 Å². The second-order valence-corrected chi connectivity index (χ2v) is 6.68. The van der Waals surface area contributed by atoms with Crippen LogP contribution in [0, 0.1) is 0 Å². The largest absolute Gasteiger partial charge is 0.503 e. The third-order valence-corrected chi connectivity index (χ3v) is 4.92. The first-order valence-corrected chi connectivity index (χ1v) is 9.47. The molecule has 0 saturated heterocycles. The van der Waals surface area contributed by atoms with Crippen molar-refractivity contribution >= 4 is 5.78 Å². The molecule has 0 atom stereocenters. The Hall–Kier alpha value is -4.26. The van der Waals surface area contributed by atoms with Gasteiger partial charge in [-0.1, -0.05) is 36.4 Å². The van der Waals surface area contributed by atoms with E-state index in [1.165, 1.54) is 18.8 Å². The van der Waals surface area contributed by atoms with Crippen LogP contribution in [0.2, 0.25) is 0 Å². The van der Waals surface area contributed by atoms with Gasteiger partial charge in [0, 0.05) is 17.3 Å². The number of rotatable bonds is 6. The van der Waals surface area contributed by atoms with Crippen molar-refractivity contribution in [2.24, 2.45) is 0 Å². The van der Waals surface area contributed by atoms with Crippen molar-refractivity contribution in [3.63, 3.8) is 0 Å². The van der Waals surface area contributed by atoms with Gasteiger partial charge in [-0.25, -0.2) is 4.98 Å². The number of benzene rings is 2. The second kappa shape index (κ2) is 8.23. The van der Waals surface area contributed by atoms with Crippen LogP contribution in [0.3, 0.4) is 0 Å². The SMILES string of the molecule is COc1ccc(-c2c(C(=O)c3ccccc3)c(O)c(O)n2-c2ccccn2)cc1OC. The van der Waals surface area contributed by atoms with Gasteiger partial charge in [-0.05, 0) is 30.3 Å². The molecule has 0 amide bonds. The van der Waals surface area contributed by atoms with Crippen LogP contribution >= 0.6 is 0 Å². The molecule has 2 aromatic heterocycles. The first-order valence-electron chi connectivity index (χ1n) is 9.47. The summed E-state index contributed by atoms with van der Waals surface area (Å²) in [6, 6.07) is 18.8. The van der Waals surface area contributed by atoms with Crippen molar-refractivity contribution in [1.82, 2.24) is 9.55 Å². The summed E-state index contributed by atoms with van der Waals surface area (Å²) in [5, 5.41) is 21.6. The van der Waals surface area contributed by atoms with E-state index in [4.69, 9.17) is 9.47 Å². The fourth-order valence-electron chi connectivity index (χ4n) is 3.46. The van der Waals surface area contributed by atoms with E-state index in [0.717, 1.165) is 0 Å². The standard InChI is InChI=1S/C24H20N2O5/c1-30-17-12-11-16(14-18(17)31-2)21-20(22(27)15-8-4-3-5-9-15)23(28)24(29)26(21)19-10-6-7-13-25-19/h3-14,28-29H,1-2H3. The number of methoxy groups -OCH3 is 2. The minimum Gasteiger partial charge on any atom is -0.503 e. The molecule has 0 aliphatic rings. The highest BCUT2D eigenvalue weighted by atomic mass is 16.5. The predicted octanol–water partition coefficient (Wildman–Crippen LogP) is 4.20. The highest BCUT2D eigenvalue weighted by Crippen LogP contribution is 2.45. The van der Waals surface area contributed by atoms with Crippen LogP contribution in [0.15, 0.2) is 72.9 Å². The molecule has 0 aliphatic heterocycles. The van der Waals surface area contributed by atoms with Crippen LogP contribution in [0.5, 0.6) is 23.1 Å². The van der Waals surface area contributed by atoms with Crippen LogP contribution in [0.25, 0.3) is 17.1 Å². The number of nitrogens with zero attached hydrogens (tertiary/aromatic N) is 2. The lowest BCUT2D eigenvalue weighted by Gasteiger charge is -2.14. The molecule has 156 valence electrons. The molecule has 0 saturated carbocycles. The number of ketones is 1. The lowest BCUT2D eigenvalue weighted by Crippen LogP contribution is -2.05. The molecular weight excluding hydrogens is 396 g/mol. The fourth-order valence-corrected chi connectivity index (χ4v) is 3.46. The van der Waals surface area contributed by atoms with Crippen LogP contribution in [-0.4, -0.2) is 39.8 Å². The van der Waals surface area contributed by atoms with Gasteiger partial charge in [0.05, 0.1) is 25.5 Å². The molecule has 2 heterocycles. The smallest absolute Gasteiger partial charge is 0.241 e. The maximum Gasteiger partial charge on any atom is 0.241 e. The normalized spacial score (nSPS) is 10.6. The van der Waals surface area contributed by atoms with E-state index in [9.17, 15) is 15.0 Å².